The zero-order chi connectivity index (χ0) is 8.84. The van der Waals surface area contributed by atoms with E-state index in [0.29, 0.717) is 0 Å². The van der Waals surface area contributed by atoms with E-state index in [-0.39, 0.29) is 0 Å². The molecular formula is C11H8O2. The van der Waals surface area contributed by atoms with E-state index in [1.54, 1.807) is 6.26 Å². The van der Waals surface area contributed by atoms with Crippen molar-refractivity contribution in [2.24, 2.45) is 0 Å². The second-order valence-electron chi connectivity index (χ2n) is 3.21. The van der Waals surface area contributed by atoms with Crippen LogP contribution in [-0.4, -0.2) is 0 Å². The highest BCUT2D eigenvalue weighted by Crippen LogP contribution is 2.25. The Hall–Kier alpha value is -1.70. The second kappa shape index (κ2) is 2.16. The van der Waals surface area contributed by atoms with Gasteiger partial charge < -0.3 is 8.83 Å². The van der Waals surface area contributed by atoms with Crippen molar-refractivity contribution in [2.45, 2.75) is 6.92 Å². The molecule has 13 heavy (non-hydrogen) atoms. The molecule has 1 aromatic carbocycles. The van der Waals surface area contributed by atoms with Crippen LogP contribution in [0.15, 0.2) is 39.4 Å². The number of rotatable bonds is 0. The average Bonchev–Trinajstić information content (AvgIpc) is 2.63. The Morgan fingerprint density at radius 3 is 2.77 bits per heavy atom. The van der Waals surface area contributed by atoms with Gasteiger partial charge in [0.15, 0.2) is 0 Å². The number of fused-ring (bicyclic) bond motifs is 2. The third kappa shape index (κ3) is 0.886. The molecule has 2 heteroatoms. The molecule has 0 N–H and O–H groups in total. The maximum atomic E-state index is 5.50. The quantitative estimate of drug-likeness (QED) is 0.518. The first-order chi connectivity index (χ1) is 6.33. The summed E-state index contributed by atoms with van der Waals surface area (Å²) in [6.45, 7) is 1.95. The first-order valence-corrected chi connectivity index (χ1v) is 4.20. The molecule has 0 atom stereocenters. The van der Waals surface area contributed by atoms with Crippen LogP contribution in [0.4, 0.5) is 0 Å². The molecule has 0 fully saturated rings. The fourth-order valence-electron chi connectivity index (χ4n) is 1.63. The summed E-state index contributed by atoms with van der Waals surface area (Å²) in [4.78, 5) is 0. The highest BCUT2D eigenvalue weighted by atomic mass is 16.3. The van der Waals surface area contributed by atoms with Crippen molar-refractivity contribution in [2.75, 3.05) is 0 Å². The smallest absolute Gasteiger partial charge is 0.135 e. The first-order valence-electron chi connectivity index (χ1n) is 4.20. The minimum atomic E-state index is 0.910. The molecule has 0 radical (unpaired) electrons. The lowest BCUT2D eigenvalue weighted by Gasteiger charge is -1.87. The fraction of sp³-hybridized carbons (Fsp3) is 0.0909. The summed E-state index contributed by atoms with van der Waals surface area (Å²) < 4.78 is 10.8. The van der Waals surface area contributed by atoms with E-state index in [0.717, 1.165) is 27.7 Å². The summed E-state index contributed by atoms with van der Waals surface area (Å²) in [6, 6.07) is 7.95. The summed E-state index contributed by atoms with van der Waals surface area (Å²) in [6.07, 6.45) is 1.69. The van der Waals surface area contributed by atoms with Gasteiger partial charge in [-0.25, -0.2) is 0 Å². The van der Waals surface area contributed by atoms with Gasteiger partial charge in [-0.2, -0.15) is 0 Å². The normalized spacial score (nSPS) is 11.5. The molecular weight excluding hydrogens is 164 g/mol. The molecule has 0 aliphatic carbocycles. The number of aryl methyl sites for hydroxylation is 1. The van der Waals surface area contributed by atoms with Crippen LogP contribution in [-0.2, 0) is 0 Å². The van der Waals surface area contributed by atoms with Gasteiger partial charge in [0.1, 0.15) is 16.9 Å². The van der Waals surface area contributed by atoms with Crippen LogP contribution in [0.2, 0.25) is 0 Å². The molecule has 3 rings (SSSR count). The SMILES string of the molecule is Cc1cc2cc3occc3cc2o1. The van der Waals surface area contributed by atoms with E-state index >= 15 is 0 Å². The predicted octanol–water partition coefficient (Wildman–Crippen LogP) is 3.49. The van der Waals surface area contributed by atoms with Crippen LogP contribution < -0.4 is 0 Å². The topological polar surface area (TPSA) is 26.3 Å². The molecule has 0 spiro atoms. The maximum absolute atomic E-state index is 5.50. The summed E-state index contributed by atoms with van der Waals surface area (Å²) in [5.41, 5.74) is 1.83. The van der Waals surface area contributed by atoms with E-state index in [4.69, 9.17) is 8.83 Å². The molecule has 2 aromatic heterocycles. The van der Waals surface area contributed by atoms with Gasteiger partial charge >= 0.3 is 0 Å². The fourth-order valence-corrected chi connectivity index (χ4v) is 1.63. The lowest BCUT2D eigenvalue weighted by Crippen LogP contribution is -1.63. The average molecular weight is 172 g/mol. The van der Waals surface area contributed by atoms with Crippen LogP contribution in [0.3, 0.4) is 0 Å². The monoisotopic (exact) mass is 172 g/mol. The van der Waals surface area contributed by atoms with Crippen LogP contribution >= 0.6 is 0 Å². The minimum Gasteiger partial charge on any atom is -0.464 e. The van der Waals surface area contributed by atoms with Crippen LogP contribution in [0.25, 0.3) is 21.9 Å². The van der Waals surface area contributed by atoms with Crippen molar-refractivity contribution >= 4 is 21.9 Å². The highest BCUT2D eigenvalue weighted by Gasteiger charge is 2.03. The van der Waals surface area contributed by atoms with E-state index in [1.807, 2.05) is 31.2 Å². The van der Waals surface area contributed by atoms with E-state index in [2.05, 4.69) is 0 Å². The number of furan rings is 2. The minimum absolute atomic E-state index is 0.910. The lowest BCUT2D eigenvalue weighted by molar-refractivity contribution is 0.578. The Morgan fingerprint density at radius 1 is 1.00 bits per heavy atom. The van der Waals surface area contributed by atoms with Crippen molar-refractivity contribution in [1.82, 2.24) is 0 Å². The van der Waals surface area contributed by atoms with Gasteiger partial charge in [-0.1, -0.05) is 0 Å². The van der Waals surface area contributed by atoms with Gasteiger partial charge in [-0.3, -0.25) is 0 Å². The first kappa shape index (κ1) is 6.78. The Labute approximate surface area is 74.7 Å². The summed E-state index contributed by atoms with van der Waals surface area (Å²) in [7, 11) is 0. The molecule has 0 unspecified atom stereocenters. The molecule has 3 aromatic rings. The van der Waals surface area contributed by atoms with Crippen LogP contribution in [0.5, 0.6) is 0 Å². The van der Waals surface area contributed by atoms with Crippen molar-refractivity contribution in [1.29, 1.82) is 0 Å². The number of hydrogen-bond acceptors (Lipinski definition) is 2. The molecule has 0 aliphatic heterocycles. The molecule has 2 heterocycles. The molecule has 2 nitrogen and oxygen atoms in total. The van der Waals surface area contributed by atoms with Gasteiger partial charge in [0.2, 0.25) is 0 Å². The third-order valence-electron chi connectivity index (χ3n) is 2.21. The maximum Gasteiger partial charge on any atom is 0.135 e. The predicted molar refractivity (Wildman–Crippen MR) is 50.7 cm³/mol. The van der Waals surface area contributed by atoms with E-state index < -0.39 is 0 Å². The van der Waals surface area contributed by atoms with Crippen molar-refractivity contribution in [3.05, 3.63) is 36.3 Å². The van der Waals surface area contributed by atoms with Crippen molar-refractivity contribution < 1.29 is 8.83 Å². The molecule has 0 saturated heterocycles. The Morgan fingerprint density at radius 2 is 1.85 bits per heavy atom. The van der Waals surface area contributed by atoms with Gasteiger partial charge in [0.25, 0.3) is 0 Å². The molecule has 0 amide bonds. The Balaban J connectivity index is 2.54. The van der Waals surface area contributed by atoms with Crippen molar-refractivity contribution in [3.63, 3.8) is 0 Å². The standard InChI is InChI=1S/C11H8O2/c1-7-4-9-6-10-8(2-3-12-10)5-11(9)13-7/h2-6H,1H3. The summed E-state index contributed by atoms with van der Waals surface area (Å²) in [5.74, 6) is 0.933. The van der Waals surface area contributed by atoms with Gasteiger partial charge in [0.05, 0.1) is 6.26 Å². The van der Waals surface area contributed by atoms with Crippen LogP contribution in [0.1, 0.15) is 5.76 Å². The molecule has 0 saturated carbocycles. The summed E-state index contributed by atoms with van der Waals surface area (Å²) in [5, 5.41) is 2.18. The van der Waals surface area contributed by atoms with Crippen LogP contribution in [0, 0.1) is 6.92 Å². The van der Waals surface area contributed by atoms with Crippen molar-refractivity contribution in [3.8, 4) is 0 Å². The van der Waals surface area contributed by atoms with E-state index in [9.17, 15) is 0 Å². The Kier molecular flexibility index (Phi) is 1.13. The lowest BCUT2D eigenvalue weighted by atomic mass is 10.2. The Bertz CT molecular complexity index is 524. The zero-order valence-corrected chi connectivity index (χ0v) is 7.20. The third-order valence-corrected chi connectivity index (χ3v) is 2.21. The van der Waals surface area contributed by atoms with E-state index in [1.165, 1.54) is 0 Å². The molecule has 64 valence electrons. The van der Waals surface area contributed by atoms with Gasteiger partial charge in [-0.15, -0.1) is 0 Å². The van der Waals surface area contributed by atoms with Gasteiger partial charge in [0, 0.05) is 10.8 Å². The summed E-state index contributed by atoms with van der Waals surface area (Å²) >= 11 is 0. The molecule has 0 aliphatic rings. The number of benzene rings is 1. The molecule has 0 bridgehead atoms. The second-order valence-corrected chi connectivity index (χ2v) is 3.21. The number of hydrogen-bond donors (Lipinski definition) is 0. The highest BCUT2D eigenvalue weighted by molar-refractivity contribution is 5.93. The zero-order valence-electron chi connectivity index (χ0n) is 7.20. The van der Waals surface area contributed by atoms with Gasteiger partial charge in [-0.05, 0) is 31.2 Å². The largest absolute Gasteiger partial charge is 0.464 e.